The monoisotopic (exact) mass is 357 g/mol. The minimum absolute atomic E-state index is 0.0624. The van der Waals surface area contributed by atoms with Crippen LogP contribution in [0.4, 0.5) is 10.1 Å². The molecular formula is C14H10BrClFNO2. The van der Waals surface area contributed by atoms with Crippen LogP contribution in [0.15, 0.2) is 40.9 Å². The van der Waals surface area contributed by atoms with Crippen molar-refractivity contribution >= 4 is 39.1 Å². The van der Waals surface area contributed by atoms with Gasteiger partial charge in [0.2, 0.25) is 0 Å². The Hall–Kier alpha value is -1.59. The summed E-state index contributed by atoms with van der Waals surface area (Å²) in [6.45, 7) is 0. The van der Waals surface area contributed by atoms with Crippen molar-refractivity contribution in [1.82, 2.24) is 0 Å². The predicted molar refractivity (Wildman–Crippen MR) is 80.1 cm³/mol. The van der Waals surface area contributed by atoms with Crippen LogP contribution in [0.2, 0.25) is 5.02 Å². The molecule has 0 radical (unpaired) electrons. The first kappa shape index (κ1) is 14.8. The van der Waals surface area contributed by atoms with Crippen molar-refractivity contribution in [3.63, 3.8) is 0 Å². The van der Waals surface area contributed by atoms with E-state index in [0.717, 1.165) is 6.07 Å². The van der Waals surface area contributed by atoms with Gasteiger partial charge in [-0.05, 0) is 46.3 Å². The molecule has 2 rings (SSSR count). The molecule has 20 heavy (non-hydrogen) atoms. The Bertz CT molecular complexity index is 664. The zero-order chi connectivity index (χ0) is 14.7. The van der Waals surface area contributed by atoms with Crippen LogP contribution in [0.3, 0.4) is 0 Å². The molecule has 0 saturated carbocycles. The number of carbonyl (C=O) groups is 1. The van der Waals surface area contributed by atoms with Gasteiger partial charge in [-0.1, -0.05) is 11.6 Å². The maximum atomic E-state index is 13.8. The van der Waals surface area contributed by atoms with E-state index in [9.17, 15) is 9.18 Å². The second kappa shape index (κ2) is 6.24. The number of nitrogens with one attached hydrogen (secondary N) is 1. The van der Waals surface area contributed by atoms with E-state index in [1.807, 2.05) is 0 Å². The summed E-state index contributed by atoms with van der Waals surface area (Å²) in [5.74, 6) is -0.841. The normalized spacial score (nSPS) is 10.2. The molecule has 0 saturated heterocycles. The summed E-state index contributed by atoms with van der Waals surface area (Å²) in [4.78, 5) is 12.0. The Morgan fingerprint density at radius 2 is 2.05 bits per heavy atom. The molecule has 0 unspecified atom stereocenters. The van der Waals surface area contributed by atoms with Gasteiger partial charge in [-0.2, -0.15) is 0 Å². The van der Waals surface area contributed by atoms with Crippen molar-refractivity contribution < 1.29 is 13.9 Å². The van der Waals surface area contributed by atoms with E-state index in [1.165, 1.54) is 19.2 Å². The number of amides is 1. The van der Waals surface area contributed by atoms with Gasteiger partial charge in [-0.3, -0.25) is 4.79 Å². The van der Waals surface area contributed by atoms with E-state index in [1.54, 1.807) is 18.2 Å². The maximum Gasteiger partial charge on any atom is 0.258 e. The Kier molecular flexibility index (Phi) is 4.62. The highest BCUT2D eigenvalue weighted by Gasteiger charge is 2.14. The number of carbonyl (C=O) groups excluding carboxylic acids is 1. The van der Waals surface area contributed by atoms with Crippen LogP contribution in [0.5, 0.6) is 5.75 Å². The van der Waals surface area contributed by atoms with E-state index in [4.69, 9.17) is 16.3 Å². The van der Waals surface area contributed by atoms with Gasteiger partial charge >= 0.3 is 0 Å². The zero-order valence-electron chi connectivity index (χ0n) is 10.4. The van der Waals surface area contributed by atoms with Gasteiger partial charge in [-0.15, -0.1) is 0 Å². The smallest absolute Gasteiger partial charge is 0.258 e. The van der Waals surface area contributed by atoms with Crippen molar-refractivity contribution in [2.75, 3.05) is 12.4 Å². The number of hydrogen-bond donors (Lipinski definition) is 1. The average molecular weight is 359 g/mol. The minimum Gasteiger partial charge on any atom is -0.497 e. The third-order valence-corrected chi connectivity index (χ3v) is 3.49. The standard InChI is InChI=1S/C14H10BrClFNO2/c1-20-9-3-4-10(12(17)7-9)14(19)18-13-5-2-8(16)6-11(13)15/h2-7H,1H3,(H,18,19). The molecule has 104 valence electrons. The lowest BCUT2D eigenvalue weighted by atomic mass is 10.2. The molecule has 0 aliphatic heterocycles. The van der Waals surface area contributed by atoms with Gasteiger partial charge in [-0.25, -0.2) is 4.39 Å². The Morgan fingerprint density at radius 3 is 2.65 bits per heavy atom. The van der Waals surface area contributed by atoms with Gasteiger partial charge in [0.05, 0.1) is 18.4 Å². The Morgan fingerprint density at radius 1 is 1.30 bits per heavy atom. The van der Waals surface area contributed by atoms with Crippen molar-refractivity contribution in [3.05, 3.63) is 57.3 Å². The molecule has 2 aromatic carbocycles. The highest BCUT2D eigenvalue weighted by molar-refractivity contribution is 9.10. The zero-order valence-corrected chi connectivity index (χ0v) is 12.8. The second-order valence-corrected chi connectivity index (χ2v) is 5.21. The van der Waals surface area contributed by atoms with Crippen LogP contribution < -0.4 is 10.1 Å². The van der Waals surface area contributed by atoms with Crippen LogP contribution in [0.1, 0.15) is 10.4 Å². The van der Waals surface area contributed by atoms with Crippen LogP contribution >= 0.6 is 27.5 Å². The summed E-state index contributed by atoms with van der Waals surface area (Å²) in [6, 6.07) is 8.95. The Labute approximate surface area is 128 Å². The minimum atomic E-state index is -0.646. The first-order valence-electron chi connectivity index (χ1n) is 5.61. The molecule has 0 fully saturated rings. The van der Waals surface area contributed by atoms with Crippen LogP contribution in [0.25, 0.3) is 0 Å². The van der Waals surface area contributed by atoms with Crippen molar-refractivity contribution in [3.8, 4) is 5.75 Å². The third-order valence-electron chi connectivity index (χ3n) is 2.60. The van der Waals surface area contributed by atoms with Gasteiger partial charge in [0, 0.05) is 15.6 Å². The molecule has 0 spiro atoms. The summed E-state index contributed by atoms with van der Waals surface area (Å²) in [5.41, 5.74) is 0.447. The fraction of sp³-hybridized carbons (Fsp3) is 0.0714. The van der Waals surface area contributed by atoms with E-state index in [2.05, 4.69) is 21.2 Å². The summed E-state index contributed by atoms with van der Waals surface area (Å²) >= 11 is 9.09. The summed E-state index contributed by atoms with van der Waals surface area (Å²) in [5, 5.41) is 3.14. The highest BCUT2D eigenvalue weighted by atomic mass is 79.9. The van der Waals surface area contributed by atoms with Gasteiger partial charge in [0.25, 0.3) is 5.91 Å². The quantitative estimate of drug-likeness (QED) is 0.877. The fourth-order valence-electron chi connectivity index (χ4n) is 1.59. The number of rotatable bonds is 3. The molecule has 0 aliphatic carbocycles. The van der Waals surface area contributed by atoms with Crippen LogP contribution in [-0.2, 0) is 0 Å². The van der Waals surface area contributed by atoms with Crippen molar-refractivity contribution in [1.29, 1.82) is 0 Å². The van der Waals surface area contributed by atoms with E-state index >= 15 is 0 Å². The first-order chi connectivity index (χ1) is 9.51. The van der Waals surface area contributed by atoms with Crippen LogP contribution in [-0.4, -0.2) is 13.0 Å². The molecule has 0 aromatic heterocycles. The van der Waals surface area contributed by atoms with Crippen molar-refractivity contribution in [2.24, 2.45) is 0 Å². The topological polar surface area (TPSA) is 38.3 Å². The molecular weight excluding hydrogens is 349 g/mol. The van der Waals surface area contributed by atoms with E-state index in [0.29, 0.717) is 20.9 Å². The number of ether oxygens (including phenoxy) is 1. The van der Waals surface area contributed by atoms with E-state index < -0.39 is 11.7 Å². The summed E-state index contributed by atoms with van der Waals surface area (Å²) in [7, 11) is 1.43. The molecule has 0 bridgehead atoms. The molecule has 0 heterocycles. The maximum absolute atomic E-state index is 13.8. The SMILES string of the molecule is COc1ccc(C(=O)Nc2ccc(Cl)cc2Br)c(F)c1. The average Bonchev–Trinajstić information content (AvgIpc) is 2.41. The Balaban J connectivity index is 2.24. The lowest BCUT2D eigenvalue weighted by molar-refractivity contribution is 0.102. The largest absolute Gasteiger partial charge is 0.497 e. The molecule has 6 heteroatoms. The summed E-state index contributed by atoms with van der Waals surface area (Å²) < 4.78 is 19.3. The lowest BCUT2D eigenvalue weighted by Crippen LogP contribution is -2.14. The van der Waals surface area contributed by atoms with Gasteiger partial charge in [0.1, 0.15) is 11.6 Å². The molecule has 3 nitrogen and oxygen atoms in total. The predicted octanol–water partition coefficient (Wildman–Crippen LogP) is 4.50. The van der Waals surface area contributed by atoms with Gasteiger partial charge < -0.3 is 10.1 Å². The fourth-order valence-corrected chi connectivity index (χ4v) is 2.37. The highest BCUT2D eigenvalue weighted by Crippen LogP contribution is 2.26. The molecule has 0 aliphatic rings. The van der Waals surface area contributed by atoms with E-state index in [-0.39, 0.29) is 5.56 Å². The number of anilines is 1. The number of hydrogen-bond acceptors (Lipinski definition) is 2. The molecule has 0 atom stereocenters. The van der Waals surface area contributed by atoms with Crippen LogP contribution in [0, 0.1) is 5.82 Å². The summed E-state index contributed by atoms with van der Waals surface area (Å²) in [6.07, 6.45) is 0. The lowest BCUT2D eigenvalue weighted by Gasteiger charge is -2.09. The number of benzene rings is 2. The molecule has 1 N–H and O–H groups in total. The third kappa shape index (κ3) is 3.29. The molecule has 2 aromatic rings. The first-order valence-corrected chi connectivity index (χ1v) is 6.78. The second-order valence-electron chi connectivity index (χ2n) is 3.92. The van der Waals surface area contributed by atoms with Gasteiger partial charge in [0.15, 0.2) is 0 Å². The van der Waals surface area contributed by atoms with Crippen molar-refractivity contribution in [2.45, 2.75) is 0 Å². The molecule has 1 amide bonds. The number of halogens is 3. The number of methoxy groups -OCH3 is 1.